The molecule has 0 fully saturated rings. The van der Waals surface area contributed by atoms with Gasteiger partial charge in [-0.15, -0.1) is 13.2 Å². The van der Waals surface area contributed by atoms with Crippen LogP contribution in [-0.4, -0.2) is 18.5 Å². The molecule has 0 aromatic rings. The Balaban J connectivity index is 0. The highest BCUT2D eigenvalue weighted by Crippen LogP contribution is 1.92. The van der Waals surface area contributed by atoms with Crippen LogP contribution in [0.5, 0.6) is 0 Å². The highest BCUT2D eigenvalue weighted by molar-refractivity contribution is 5.85. The van der Waals surface area contributed by atoms with Crippen molar-refractivity contribution in [3.8, 4) is 0 Å². The zero-order valence-electron chi connectivity index (χ0n) is 10.5. The molecule has 0 bridgehead atoms. The van der Waals surface area contributed by atoms with Crippen LogP contribution >= 0.6 is 0 Å². The average molecular weight is 224 g/mol. The third kappa shape index (κ3) is 12.7. The quantitative estimate of drug-likeness (QED) is 0.378. The minimum absolute atomic E-state index is 0.287. The Kier molecular flexibility index (Phi) is 12.5. The van der Waals surface area contributed by atoms with E-state index in [0.717, 1.165) is 19.4 Å². The summed E-state index contributed by atoms with van der Waals surface area (Å²) in [5, 5.41) is 18.3. The minimum atomic E-state index is -0.685. The van der Waals surface area contributed by atoms with Crippen LogP contribution in [0.1, 0.15) is 26.7 Å². The zero-order chi connectivity index (χ0) is 13.0. The number of hydrogen-bond donors (Lipinski definition) is 2. The van der Waals surface area contributed by atoms with Gasteiger partial charge in [0.2, 0.25) is 0 Å². The average Bonchev–Trinajstić information content (AvgIpc) is 2.19. The maximum atomic E-state index is 9.71. The van der Waals surface area contributed by atoms with E-state index in [1.165, 1.54) is 6.92 Å². The molecule has 0 aliphatic rings. The summed E-state index contributed by atoms with van der Waals surface area (Å²) in [4.78, 5) is 0. The Morgan fingerprint density at radius 2 is 1.75 bits per heavy atom. The largest absolute Gasteiger partial charge is 0.859 e. The van der Waals surface area contributed by atoms with E-state index in [1.54, 1.807) is 0 Å². The normalized spacial score (nSPS) is 8.94. The van der Waals surface area contributed by atoms with Gasteiger partial charge in [-0.05, 0) is 25.3 Å². The van der Waals surface area contributed by atoms with Gasteiger partial charge in [0.1, 0.15) is 0 Å². The Bertz CT molecular complexity index is 212. The number of nitrogens with two attached hydrogens (primary N) is 1. The van der Waals surface area contributed by atoms with Crippen molar-refractivity contribution in [3.05, 3.63) is 37.5 Å². The second kappa shape index (κ2) is 11.7. The molecule has 92 valence electrons. The summed E-state index contributed by atoms with van der Waals surface area (Å²) in [6.45, 7) is 15.5. The van der Waals surface area contributed by atoms with Crippen LogP contribution in [0.3, 0.4) is 0 Å². The van der Waals surface area contributed by atoms with Gasteiger partial charge in [-0.1, -0.05) is 18.7 Å². The Morgan fingerprint density at radius 1 is 1.38 bits per heavy atom. The van der Waals surface area contributed by atoms with Gasteiger partial charge in [0.15, 0.2) is 0 Å². The van der Waals surface area contributed by atoms with Crippen LogP contribution < -0.4 is 10.4 Å². The summed E-state index contributed by atoms with van der Waals surface area (Å²) in [5.74, 6) is -0.685. The molecule has 0 saturated heterocycles. The van der Waals surface area contributed by atoms with Gasteiger partial charge < -0.3 is 15.8 Å². The second-order valence-electron chi connectivity index (χ2n) is 3.56. The molecule has 0 aliphatic heterocycles. The highest BCUT2D eigenvalue weighted by atomic mass is 16.3. The molecule has 3 nitrogen and oxygen atoms in total. The standard InChI is InChI=1S/C9H17N.C4H7NO/c1-4-7-9(8-5-2)10-6-3;1-3(2)4(5)6/h4-5,9-10H,1-2,6-8H2,3H3;1H2,2H3,(H2,5,6). The van der Waals surface area contributed by atoms with E-state index in [2.05, 4.69) is 32.0 Å². The third-order valence-corrected chi connectivity index (χ3v) is 1.90. The first kappa shape index (κ1) is 17.1. The van der Waals surface area contributed by atoms with Crippen molar-refractivity contribution in [3.63, 3.8) is 0 Å². The number of quaternary nitrogens is 1. The van der Waals surface area contributed by atoms with Crippen molar-refractivity contribution in [1.82, 2.24) is 0 Å². The van der Waals surface area contributed by atoms with Gasteiger partial charge in [0.05, 0.1) is 12.6 Å². The Labute approximate surface area is 99.1 Å². The smallest absolute Gasteiger partial charge is 0.0928 e. The first-order chi connectivity index (χ1) is 7.49. The van der Waals surface area contributed by atoms with Crippen LogP contribution in [0.25, 0.3) is 0 Å². The summed E-state index contributed by atoms with van der Waals surface area (Å²) in [5.41, 5.74) is 0.287. The van der Waals surface area contributed by atoms with Gasteiger partial charge in [-0.3, -0.25) is 0 Å². The molecule has 0 rings (SSSR count). The van der Waals surface area contributed by atoms with Gasteiger partial charge in [0.25, 0.3) is 0 Å². The van der Waals surface area contributed by atoms with Crippen LogP contribution in [0.2, 0.25) is 0 Å². The fourth-order valence-electron chi connectivity index (χ4n) is 1.05. The summed E-state index contributed by atoms with van der Waals surface area (Å²) in [6.07, 6.45) is 6.11. The molecule has 3 N–H and O–H groups in total. The lowest BCUT2D eigenvalue weighted by Crippen LogP contribution is -2.89. The molecule has 0 unspecified atom stereocenters. The van der Waals surface area contributed by atoms with Crippen molar-refractivity contribution in [1.29, 1.82) is 5.41 Å². The molecule has 16 heavy (non-hydrogen) atoms. The fourth-order valence-corrected chi connectivity index (χ4v) is 1.05. The lowest BCUT2D eigenvalue weighted by Gasteiger charge is -2.08. The van der Waals surface area contributed by atoms with E-state index < -0.39 is 5.90 Å². The van der Waals surface area contributed by atoms with E-state index in [9.17, 15) is 5.11 Å². The molecule has 0 saturated carbocycles. The summed E-state index contributed by atoms with van der Waals surface area (Å²) < 4.78 is 0. The van der Waals surface area contributed by atoms with Gasteiger partial charge >= 0.3 is 0 Å². The zero-order valence-corrected chi connectivity index (χ0v) is 10.5. The lowest BCUT2D eigenvalue weighted by molar-refractivity contribution is -0.685. The van der Waals surface area contributed by atoms with Crippen LogP contribution in [0.4, 0.5) is 0 Å². The second-order valence-corrected chi connectivity index (χ2v) is 3.56. The number of hydrogen-bond acceptors (Lipinski definition) is 2. The molecular weight excluding hydrogens is 200 g/mol. The summed E-state index contributed by atoms with van der Waals surface area (Å²) >= 11 is 0. The van der Waals surface area contributed by atoms with Gasteiger partial charge in [0, 0.05) is 12.8 Å². The maximum absolute atomic E-state index is 9.71. The van der Waals surface area contributed by atoms with Crippen molar-refractivity contribution in [2.75, 3.05) is 6.54 Å². The monoisotopic (exact) mass is 224 g/mol. The molecule has 0 radical (unpaired) electrons. The third-order valence-electron chi connectivity index (χ3n) is 1.90. The molecule has 0 aliphatic carbocycles. The Hall–Kier alpha value is -1.35. The van der Waals surface area contributed by atoms with Crippen LogP contribution in [0, 0.1) is 5.41 Å². The maximum Gasteiger partial charge on any atom is 0.0928 e. The predicted octanol–water partition coefficient (Wildman–Crippen LogP) is 0.991. The summed E-state index contributed by atoms with van der Waals surface area (Å²) in [7, 11) is 0. The van der Waals surface area contributed by atoms with Gasteiger partial charge in [-0.25, -0.2) is 0 Å². The van der Waals surface area contributed by atoms with E-state index in [1.807, 2.05) is 12.2 Å². The van der Waals surface area contributed by atoms with Crippen LogP contribution in [-0.2, 0) is 0 Å². The topological polar surface area (TPSA) is 63.5 Å². The molecule has 0 aromatic heterocycles. The van der Waals surface area contributed by atoms with Crippen LogP contribution in [0.15, 0.2) is 37.5 Å². The van der Waals surface area contributed by atoms with E-state index >= 15 is 0 Å². The Morgan fingerprint density at radius 3 is 1.94 bits per heavy atom. The molecule has 0 atom stereocenters. The predicted molar refractivity (Wildman–Crippen MR) is 68.4 cm³/mol. The molecule has 0 heterocycles. The first-order valence-electron chi connectivity index (χ1n) is 5.46. The van der Waals surface area contributed by atoms with E-state index in [0.29, 0.717) is 6.04 Å². The highest BCUT2D eigenvalue weighted by Gasteiger charge is 2.04. The van der Waals surface area contributed by atoms with Crippen molar-refractivity contribution >= 4 is 5.90 Å². The number of rotatable bonds is 7. The fraction of sp³-hybridized carbons (Fsp3) is 0.462. The summed E-state index contributed by atoms with van der Waals surface area (Å²) in [6, 6.07) is 0.667. The molecule has 0 spiro atoms. The molecule has 0 amide bonds. The van der Waals surface area contributed by atoms with Crippen molar-refractivity contribution < 1.29 is 10.4 Å². The molecular formula is C13H24N2O. The number of nitrogens with one attached hydrogen (secondary N) is 1. The van der Waals surface area contributed by atoms with E-state index in [-0.39, 0.29) is 5.57 Å². The molecule has 3 heteroatoms. The van der Waals surface area contributed by atoms with Crippen molar-refractivity contribution in [2.24, 2.45) is 0 Å². The van der Waals surface area contributed by atoms with Crippen molar-refractivity contribution in [2.45, 2.75) is 32.7 Å². The van der Waals surface area contributed by atoms with Gasteiger partial charge in [-0.2, -0.15) is 0 Å². The van der Waals surface area contributed by atoms with E-state index in [4.69, 9.17) is 5.41 Å². The SMILES string of the molecule is C=C(C)C(=N)[O-].C=CCC(CC=C)[NH2+]CC. The molecule has 0 aromatic carbocycles. The lowest BCUT2D eigenvalue weighted by atomic mass is 10.1. The first-order valence-corrected chi connectivity index (χ1v) is 5.46. The minimum Gasteiger partial charge on any atom is -0.859 e.